The van der Waals surface area contributed by atoms with Crippen LogP contribution in [0.2, 0.25) is 0 Å². The lowest BCUT2D eigenvalue weighted by atomic mass is 9.83. The summed E-state index contributed by atoms with van der Waals surface area (Å²) >= 11 is 0. The molecule has 0 aliphatic carbocycles. The van der Waals surface area contributed by atoms with Gasteiger partial charge in [-0.05, 0) is 18.1 Å². The number of aliphatic hydroxyl groups is 1. The Morgan fingerprint density at radius 1 is 1.05 bits per heavy atom. The SMILES string of the molecule is C=C(C(=O)OC)[C@H](c1ccccc1)[C@H](O)c1ccc(C)cc1. The highest BCUT2D eigenvalue weighted by Crippen LogP contribution is 2.36. The molecule has 0 spiro atoms. The third kappa shape index (κ3) is 3.43. The highest BCUT2D eigenvalue weighted by molar-refractivity contribution is 5.89. The van der Waals surface area contributed by atoms with Crippen LogP contribution in [0.4, 0.5) is 0 Å². The highest BCUT2D eigenvalue weighted by Gasteiger charge is 2.29. The molecule has 1 N–H and O–H groups in total. The summed E-state index contributed by atoms with van der Waals surface area (Å²) in [5.41, 5.74) is 2.91. The van der Waals surface area contributed by atoms with Crippen molar-refractivity contribution in [3.05, 3.63) is 83.4 Å². The van der Waals surface area contributed by atoms with Crippen molar-refractivity contribution in [2.45, 2.75) is 18.9 Å². The molecule has 0 saturated carbocycles. The Balaban J connectivity index is 2.41. The van der Waals surface area contributed by atoms with E-state index in [9.17, 15) is 9.90 Å². The van der Waals surface area contributed by atoms with Crippen molar-refractivity contribution in [2.24, 2.45) is 0 Å². The highest BCUT2D eigenvalue weighted by atomic mass is 16.5. The van der Waals surface area contributed by atoms with E-state index >= 15 is 0 Å². The first-order chi connectivity index (χ1) is 10.5. The standard InChI is InChI=1S/C19H20O3/c1-13-9-11-16(12-10-13)18(20)17(14(2)19(21)22-3)15-7-5-4-6-8-15/h4-12,17-18,20H,2H2,1,3H3/t17-,18-/m1/s1. The first-order valence-corrected chi connectivity index (χ1v) is 7.11. The van der Waals surface area contributed by atoms with E-state index in [1.54, 1.807) is 0 Å². The van der Waals surface area contributed by atoms with Gasteiger partial charge in [-0.3, -0.25) is 0 Å². The topological polar surface area (TPSA) is 46.5 Å². The third-order valence-corrected chi connectivity index (χ3v) is 3.72. The molecule has 0 unspecified atom stereocenters. The number of aliphatic hydroxyl groups excluding tert-OH is 1. The molecular weight excluding hydrogens is 276 g/mol. The van der Waals surface area contributed by atoms with Gasteiger partial charge in [-0.15, -0.1) is 0 Å². The number of hydrogen-bond acceptors (Lipinski definition) is 3. The minimum atomic E-state index is -0.866. The minimum Gasteiger partial charge on any atom is -0.466 e. The van der Waals surface area contributed by atoms with E-state index in [4.69, 9.17) is 4.74 Å². The van der Waals surface area contributed by atoms with Crippen molar-refractivity contribution in [1.82, 2.24) is 0 Å². The van der Waals surface area contributed by atoms with Crippen LogP contribution in [0.25, 0.3) is 0 Å². The molecule has 3 nitrogen and oxygen atoms in total. The molecule has 2 atom stereocenters. The summed E-state index contributed by atoms with van der Waals surface area (Å²) in [7, 11) is 1.31. The Morgan fingerprint density at radius 2 is 1.64 bits per heavy atom. The largest absolute Gasteiger partial charge is 0.466 e. The monoisotopic (exact) mass is 296 g/mol. The predicted molar refractivity (Wildman–Crippen MR) is 86.5 cm³/mol. The van der Waals surface area contributed by atoms with E-state index in [2.05, 4.69) is 6.58 Å². The van der Waals surface area contributed by atoms with Gasteiger partial charge in [0.1, 0.15) is 0 Å². The molecular formula is C19H20O3. The normalized spacial score (nSPS) is 13.2. The maximum atomic E-state index is 11.9. The van der Waals surface area contributed by atoms with Gasteiger partial charge >= 0.3 is 5.97 Å². The van der Waals surface area contributed by atoms with Gasteiger partial charge < -0.3 is 9.84 Å². The molecule has 2 rings (SSSR count). The third-order valence-electron chi connectivity index (χ3n) is 3.72. The van der Waals surface area contributed by atoms with Crippen LogP contribution in [0.3, 0.4) is 0 Å². The minimum absolute atomic E-state index is 0.238. The molecule has 22 heavy (non-hydrogen) atoms. The number of carbonyl (C=O) groups is 1. The van der Waals surface area contributed by atoms with Crippen LogP contribution in [0, 0.1) is 6.92 Å². The number of methoxy groups -OCH3 is 1. The molecule has 0 radical (unpaired) electrons. The lowest BCUT2D eigenvalue weighted by Crippen LogP contribution is -2.19. The first kappa shape index (κ1) is 16.0. The Labute approximate surface area is 130 Å². The molecule has 2 aromatic carbocycles. The van der Waals surface area contributed by atoms with E-state index < -0.39 is 18.0 Å². The molecule has 0 aromatic heterocycles. The van der Waals surface area contributed by atoms with Crippen molar-refractivity contribution >= 4 is 5.97 Å². The van der Waals surface area contributed by atoms with E-state index in [0.717, 1.165) is 16.7 Å². The number of hydrogen-bond donors (Lipinski definition) is 1. The van der Waals surface area contributed by atoms with E-state index in [1.165, 1.54) is 7.11 Å². The molecule has 0 bridgehead atoms. The number of esters is 1. The van der Waals surface area contributed by atoms with Crippen LogP contribution < -0.4 is 0 Å². The van der Waals surface area contributed by atoms with Gasteiger partial charge in [0.05, 0.1) is 13.2 Å². The van der Waals surface area contributed by atoms with Gasteiger partial charge in [-0.2, -0.15) is 0 Å². The summed E-state index contributed by atoms with van der Waals surface area (Å²) in [6, 6.07) is 17.0. The van der Waals surface area contributed by atoms with Gasteiger partial charge in [0, 0.05) is 11.5 Å². The van der Waals surface area contributed by atoms with Crippen LogP contribution >= 0.6 is 0 Å². The molecule has 0 saturated heterocycles. The number of aryl methyl sites for hydroxylation is 1. The fraction of sp³-hybridized carbons (Fsp3) is 0.211. The van der Waals surface area contributed by atoms with Crippen LogP contribution in [0.5, 0.6) is 0 Å². The summed E-state index contributed by atoms with van der Waals surface area (Å²) < 4.78 is 4.77. The van der Waals surface area contributed by atoms with Crippen molar-refractivity contribution in [1.29, 1.82) is 0 Å². The molecule has 114 valence electrons. The molecule has 0 aliphatic rings. The molecule has 2 aromatic rings. The summed E-state index contributed by atoms with van der Waals surface area (Å²) in [6.07, 6.45) is -0.866. The molecule has 0 fully saturated rings. The average molecular weight is 296 g/mol. The first-order valence-electron chi connectivity index (χ1n) is 7.11. The second-order valence-corrected chi connectivity index (χ2v) is 5.26. The van der Waals surface area contributed by atoms with Gasteiger partial charge in [-0.1, -0.05) is 66.7 Å². The summed E-state index contributed by atoms with van der Waals surface area (Å²) in [4.78, 5) is 11.9. The van der Waals surface area contributed by atoms with E-state index in [-0.39, 0.29) is 5.57 Å². The number of rotatable bonds is 5. The Hall–Kier alpha value is -2.39. The van der Waals surface area contributed by atoms with Gasteiger partial charge in [-0.25, -0.2) is 4.79 Å². The van der Waals surface area contributed by atoms with Crippen molar-refractivity contribution < 1.29 is 14.6 Å². The maximum Gasteiger partial charge on any atom is 0.333 e. The predicted octanol–water partition coefficient (Wildman–Crippen LogP) is 3.54. The Morgan fingerprint density at radius 3 is 2.18 bits per heavy atom. The number of ether oxygens (including phenoxy) is 1. The van der Waals surface area contributed by atoms with E-state index in [1.807, 2.05) is 61.5 Å². The van der Waals surface area contributed by atoms with Crippen LogP contribution in [-0.4, -0.2) is 18.2 Å². The lowest BCUT2D eigenvalue weighted by molar-refractivity contribution is -0.136. The number of carbonyl (C=O) groups excluding carboxylic acids is 1. The maximum absolute atomic E-state index is 11.9. The van der Waals surface area contributed by atoms with Crippen molar-refractivity contribution in [3.8, 4) is 0 Å². The molecule has 0 amide bonds. The summed E-state index contributed by atoms with van der Waals surface area (Å²) in [6.45, 7) is 5.82. The van der Waals surface area contributed by atoms with Gasteiger partial charge in [0.15, 0.2) is 0 Å². The molecule has 0 aliphatic heterocycles. The second kappa shape index (κ2) is 7.05. The fourth-order valence-corrected chi connectivity index (χ4v) is 2.45. The Kier molecular flexibility index (Phi) is 5.12. The Bertz CT molecular complexity index is 644. The van der Waals surface area contributed by atoms with Crippen molar-refractivity contribution in [2.75, 3.05) is 7.11 Å². The smallest absolute Gasteiger partial charge is 0.333 e. The molecule has 0 heterocycles. The van der Waals surface area contributed by atoms with Crippen LogP contribution in [-0.2, 0) is 9.53 Å². The van der Waals surface area contributed by atoms with Crippen LogP contribution in [0.15, 0.2) is 66.7 Å². The summed E-state index contributed by atoms with van der Waals surface area (Å²) in [5, 5.41) is 10.8. The van der Waals surface area contributed by atoms with Gasteiger partial charge in [0.2, 0.25) is 0 Å². The quantitative estimate of drug-likeness (QED) is 0.678. The van der Waals surface area contributed by atoms with E-state index in [0.29, 0.717) is 0 Å². The van der Waals surface area contributed by atoms with Crippen LogP contribution in [0.1, 0.15) is 28.7 Å². The zero-order valence-electron chi connectivity index (χ0n) is 12.8. The summed E-state index contributed by atoms with van der Waals surface area (Å²) in [5.74, 6) is -1.06. The number of benzene rings is 2. The second-order valence-electron chi connectivity index (χ2n) is 5.26. The fourth-order valence-electron chi connectivity index (χ4n) is 2.45. The zero-order valence-corrected chi connectivity index (χ0v) is 12.8. The van der Waals surface area contributed by atoms with Gasteiger partial charge in [0.25, 0.3) is 0 Å². The lowest BCUT2D eigenvalue weighted by Gasteiger charge is -2.24. The molecule has 3 heteroatoms. The van der Waals surface area contributed by atoms with Crippen molar-refractivity contribution in [3.63, 3.8) is 0 Å². The zero-order chi connectivity index (χ0) is 16.1. The average Bonchev–Trinajstić information content (AvgIpc) is 2.55.